The van der Waals surface area contributed by atoms with E-state index in [2.05, 4.69) is 10.2 Å². The van der Waals surface area contributed by atoms with Crippen molar-refractivity contribution in [3.05, 3.63) is 23.8 Å². The topological polar surface area (TPSA) is 88.1 Å². The Labute approximate surface area is 148 Å². The third-order valence-corrected chi connectivity index (χ3v) is 3.37. The number of ether oxygens (including phenoxy) is 2. The van der Waals surface area contributed by atoms with Crippen molar-refractivity contribution >= 4 is 11.9 Å². The van der Waals surface area contributed by atoms with Crippen molar-refractivity contribution in [3.63, 3.8) is 0 Å². The summed E-state index contributed by atoms with van der Waals surface area (Å²) in [6.07, 6.45) is 0.719. The number of amides is 1. The van der Waals surface area contributed by atoms with E-state index in [0.29, 0.717) is 31.3 Å². The smallest absolute Gasteiger partial charge is 0.303 e. The van der Waals surface area contributed by atoms with Gasteiger partial charge in [-0.2, -0.15) is 0 Å². The van der Waals surface area contributed by atoms with Crippen molar-refractivity contribution in [2.24, 2.45) is 0 Å². The highest BCUT2D eigenvalue weighted by Crippen LogP contribution is 2.28. The number of carbonyl (C=O) groups is 2. The summed E-state index contributed by atoms with van der Waals surface area (Å²) in [5.41, 5.74) is 0.868. The van der Waals surface area contributed by atoms with Gasteiger partial charge in [-0.3, -0.25) is 9.59 Å². The predicted octanol–water partition coefficient (Wildman–Crippen LogP) is 1.90. The van der Waals surface area contributed by atoms with Gasteiger partial charge < -0.3 is 24.8 Å². The number of aliphatic carboxylic acids is 1. The maximum Gasteiger partial charge on any atom is 0.303 e. The van der Waals surface area contributed by atoms with E-state index in [1.165, 1.54) is 0 Å². The van der Waals surface area contributed by atoms with Gasteiger partial charge in [0.15, 0.2) is 11.5 Å². The van der Waals surface area contributed by atoms with Gasteiger partial charge in [0.1, 0.15) is 0 Å². The van der Waals surface area contributed by atoms with Crippen molar-refractivity contribution < 1.29 is 24.2 Å². The molecule has 0 unspecified atom stereocenters. The molecule has 0 bridgehead atoms. The molecule has 0 atom stereocenters. The van der Waals surface area contributed by atoms with Crippen LogP contribution in [0.15, 0.2) is 18.2 Å². The van der Waals surface area contributed by atoms with Crippen LogP contribution in [0.3, 0.4) is 0 Å². The second-order valence-corrected chi connectivity index (χ2v) is 5.89. The normalized spacial score (nSPS) is 10.6. The minimum Gasteiger partial charge on any atom is -0.490 e. The van der Waals surface area contributed by atoms with Crippen molar-refractivity contribution in [2.45, 2.75) is 32.7 Å². The fourth-order valence-electron chi connectivity index (χ4n) is 2.12. The first kappa shape index (κ1) is 20.8. The zero-order chi connectivity index (χ0) is 18.7. The molecule has 1 rings (SSSR count). The van der Waals surface area contributed by atoms with Crippen LogP contribution in [0.5, 0.6) is 11.5 Å². The molecule has 0 aliphatic carbocycles. The summed E-state index contributed by atoms with van der Waals surface area (Å²) in [5.74, 6) is 0.0557. The quantitative estimate of drug-likeness (QED) is 0.559. The summed E-state index contributed by atoms with van der Waals surface area (Å²) in [7, 11) is 4.04. The SMILES string of the molecule is CCOc1cc(CNC(=O)CCC(=O)O)ccc1OCCCN(C)C. The minimum atomic E-state index is -0.982. The summed E-state index contributed by atoms with van der Waals surface area (Å²) in [6, 6.07) is 5.53. The van der Waals surface area contributed by atoms with Crippen molar-refractivity contribution in [1.82, 2.24) is 10.2 Å². The van der Waals surface area contributed by atoms with Crippen LogP contribution in [0.2, 0.25) is 0 Å². The molecular formula is C18H28N2O5. The van der Waals surface area contributed by atoms with Crippen LogP contribution < -0.4 is 14.8 Å². The Morgan fingerprint density at radius 1 is 1.16 bits per heavy atom. The second-order valence-electron chi connectivity index (χ2n) is 5.89. The van der Waals surface area contributed by atoms with Crippen LogP contribution in [-0.4, -0.2) is 55.7 Å². The average molecular weight is 352 g/mol. The lowest BCUT2D eigenvalue weighted by Gasteiger charge is -2.15. The van der Waals surface area contributed by atoms with E-state index in [1.54, 1.807) is 0 Å². The third kappa shape index (κ3) is 8.95. The molecule has 0 saturated carbocycles. The molecular weight excluding hydrogens is 324 g/mol. The number of carboxylic acid groups (broad SMARTS) is 1. The Morgan fingerprint density at radius 2 is 1.92 bits per heavy atom. The van der Waals surface area contributed by atoms with Crippen molar-refractivity contribution in [2.75, 3.05) is 33.9 Å². The molecule has 0 aromatic heterocycles. The van der Waals surface area contributed by atoms with Gasteiger partial charge >= 0.3 is 5.97 Å². The monoisotopic (exact) mass is 352 g/mol. The molecule has 7 heteroatoms. The van der Waals surface area contributed by atoms with E-state index in [-0.39, 0.29) is 18.7 Å². The lowest BCUT2D eigenvalue weighted by molar-refractivity contribution is -0.138. The van der Waals surface area contributed by atoms with E-state index < -0.39 is 5.97 Å². The number of carbonyl (C=O) groups excluding carboxylic acids is 1. The largest absolute Gasteiger partial charge is 0.490 e. The molecule has 0 aliphatic heterocycles. The molecule has 0 aliphatic rings. The molecule has 25 heavy (non-hydrogen) atoms. The average Bonchev–Trinajstić information content (AvgIpc) is 2.56. The van der Waals surface area contributed by atoms with Crippen LogP contribution in [0.25, 0.3) is 0 Å². The number of nitrogens with zero attached hydrogens (tertiary/aromatic N) is 1. The lowest BCUT2D eigenvalue weighted by atomic mass is 10.2. The highest BCUT2D eigenvalue weighted by Gasteiger charge is 2.09. The summed E-state index contributed by atoms with van der Waals surface area (Å²) >= 11 is 0. The van der Waals surface area contributed by atoms with E-state index in [4.69, 9.17) is 14.6 Å². The molecule has 1 aromatic rings. The van der Waals surface area contributed by atoms with E-state index in [1.807, 2.05) is 39.2 Å². The Hall–Kier alpha value is -2.28. The van der Waals surface area contributed by atoms with Crippen molar-refractivity contribution in [3.8, 4) is 11.5 Å². The van der Waals surface area contributed by atoms with Gasteiger partial charge in [0.25, 0.3) is 0 Å². The fourth-order valence-corrected chi connectivity index (χ4v) is 2.12. The van der Waals surface area contributed by atoms with Gasteiger partial charge in [-0.05, 0) is 45.1 Å². The molecule has 7 nitrogen and oxygen atoms in total. The number of hydrogen-bond donors (Lipinski definition) is 2. The summed E-state index contributed by atoms with van der Waals surface area (Å²) in [6.45, 7) is 4.28. The maximum atomic E-state index is 11.6. The van der Waals surface area contributed by atoms with Crippen LogP contribution >= 0.6 is 0 Å². The van der Waals surface area contributed by atoms with Crippen LogP contribution in [0, 0.1) is 0 Å². The molecule has 1 amide bonds. The maximum absolute atomic E-state index is 11.6. The van der Waals surface area contributed by atoms with E-state index in [0.717, 1.165) is 18.5 Å². The Balaban J connectivity index is 2.57. The second kappa shape index (κ2) is 11.3. The highest BCUT2D eigenvalue weighted by atomic mass is 16.5. The summed E-state index contributed by atoms with van der Waals surface area (Å²) in [4.78, 5) is 24.2. The fraction of sp³-hybridized carbons (Fsp3) is 0.556. The molecule has 0 heterocycles. The Bertz CT molecular complexity index is 560. The Kier molecular flexibility index (Phi) is 9.39. The first-order valence-electron chi connectivity index (χ1n) is 8.44. The summed E-state index contributed by atoms with van der Waals surface area (Å²) in [5, 5.41) is 11.3. The molecule has 0 fully saturated rings. The van der Waals surface area contributed by atoms with Gasteiger partial charge in [0.05, 0.1) is 19.6 Å². The van der Waals surface area contributed by atoms with E-state index >= 15 is 0 Å². The van der Waals surface area contributed by atoms with Gasteiger partial charge in [-0.15, -0.1) is 0 Å². The zero-order valence-electron chi connectivity index (χ0n) is 15.2. The number of carboxylic acids is 1. The molecule has 0 spiro atoms. The molecule has 1 aromatic carbocycles. The number of benzene rings is 1. The number of hydrogen-bond acceptors (Lipinski definition) is 5. The molecule has 140 valence electrons. The standard InChI is InChI=1S/C18H28N2O5/c1-4-24-16-12-14(13-19-17(21)8-9-18(22)23)6-7-15(16)25-11-5-10-20(2)3/h6-7,12H,4-5,8-11,13H2,1-3H3,(H,19,21)(H,22,23). The van der Waals surface area contributed by atoms with Crippen molar-refractivity contribution in [1.29, 1.82) is 0 Å². The number of nitrogens with one attached hydrogen (secondary N) is 1. The number of rotatable bonds is 12. The highest BCUT2D eigenvalue weighted by molar-refractivity contribution is 5.80. The molecule has 2 N–H and O–H groups in total. The van der Waals surface area contributed by atoms with Gasteiger partial charge in [0, 0.05) is 19.5 Å². The Morgan fingerprint density at radius 3 is 2.56 bits per heavy atom. The predicted molar refractivity (Wildman–Crippen MR) is 95.0 cm³/mol. The minimum absolute atomic E-state index is 0.0271. The summed E-state index contributed by atoms with van der Waals surface area (Å²) < 4.78 is 11.4. The van der Waals surface area contributed by atoms with E-state index in [9.17, 15) is 9.59 Å². The first-order valence-corrected chi connectivity index (χ1v) is 8.44. The van der Waals surface area contributed by atoms with Gasteiger partial charge in [-0.25, -0.2) is 0 Å². The zero-order valence-corrected chi connectivity index (χ0v) is 15.2. The molecule has 0 saturated heterocycles. The van der Waals surface area contributed by atoms with Crippen LogP contribution in [0.1, 0.15) is 31.7 Å². The first-order chi connectivity index (χ1) is 11.9. The van der Waals surface area contributed by atoms with Crippen LogP contribution in [0.4, 0.5) is 0 Å². The molecule has 0 radical (unpaired) electrons. The lowest BCUT2D eigenvalue weighted by Crippen LogP contribution is -2.23. The third-order valence-electron chi connectivity index (χ3n) is 3.37. The van der Waals surface area contributed by atoms with Gasteiger partial charge in [-0.1, -0.05) is 6.07 Å². The van der Waals surface area contributed by atoms with Gasteiger partial charge in [0.2, 0.25) is 5.91 Å². The van der Waals surface area contributed by atoms with Crippen LogP contribution in [-0.2, 0) is 16.1 Å².